The summed E-state index contributed by atoms with van der Waals surface area (Å²) in [4.78, 5) is 30.3. The SMILES string of the molecule is Cc1cccc(C(=O)Nc2ccc(-c3nnc4cc(N(C)C(=O)Oc5cccnc5)[nH]n34)cc2)c1. The lowest BCUT2D eigenvalue weighted by atomic mass is 10.1. The highest BCUT2D eigenvalue weighted by Gasteiger charge is 2.19. The van der Waals surface area contributed by atoms with Crippen LogP contribution >= 0.6 is 0 Å². The van der Waals surface area contributed by atoms with Crippen LogP contribution in [0.1, 0.15) is 15.9 Å². The van der Waals surface area contributed by atoms with Crippen LogP contribution in [0, 0.1) is 6.92 Å². The highest BCUT2D eigenvalue weighted by molar-refractivity contribution is 6.04. The van der Waals surface area contributed by atoms with Crippen LogP contribution in [0.5, 0.6) is 5.75 Å². The molecule has 0 saturated carbocycles. The van der Waals surface area contributed by atoms with E-state index < -0.39 is 6.09 Å². The minimum atomic E-state index is -0.578. The van der Waals surface area contributed by atoms with Crippen molar-refractivity contribution in [1.82, 2.24) is 24.8 Å². The Morgan fingerprint density at radius 1 is 1.03 bits per heavy atom. The summed E-state index contributed by atoms with van der Waals surface area (Å²) in [6.07, 6.45) is 2.48. The molecule has 0 aliphatic heterocycles. The number of H-pyrrole nitrogens is 1. The molecule has 0 bridgehead atoms. The van der Waals surface area contributed by atoms with Gasteiger partial charge in [0.25, 0.3) is 5.91 Å². The molecular formula is C25H21N7O3. The fourth-order valence-electron chi connectivity index (χ4n) is 3.50. The molecule has 0 unspecified atom stereocenters. The second-order valence-corrected chi connectivity index (χ2v) is 7.88. The molecule has 5 rings (SSSR count). The van der Waals surface area contributed by atoms with Crippen LogP contribution in [0.4, 0.5) is 16.3 Å². The summed E-state index contributed by atoms with van der Waals surface area (Å²) in [6, 6.07) is 19.7. The summed E-state index contributed by atoms with van der Waals surface area (Å²) in [6.45, 7) is 1.94. The fourth-order valence-corrected chi connectivity index (χ4v) is 3.50. The molecule has 3 aromatic heterocycles. The molecule has 2 N–H and O–H groups in total. The van der Waals surface area contributed by atoms with E-state index in [9.17, 15) is 9.59 Å². The van der Waals surface area contributed by atoms with Crippen molar-refractivity contribution in [3.63, 3.8) is 0 Å². The first-order valence-electron chi connectivity index (χ1n) is 10.8. The van der Waals surface area contributed by atoms with Gasteiger partial charge in [0.1, 0.15) is 5.82 Å². The van der Waals surface area contributed by atoms with Crippen LogP contribution < -0.4 is 15.0 Å². The normalized spacial score (nSPS) is 10.8. The molecule has 0 aliphatic carbocycles. The predicted molar refractivity (Wildman–Crippen MR) is 131 cm³/mol. The first-order chi connectivity index (χ1) is 17.0. The number of fused-ring (bicyclic) bond motifs is 1. The molecule has 10 nitrogen and oxygen atoms in total. The number of benzene rings is 2. The lowest BCUT2D eigenvalue weighted by molar-refractivity contribution is 0.102. The second-order valence-electron chi connectivity index (χ2n) is 7.88. The van der Waals surface area contributed by atoms with E-state index in [0.717, 1.165) is 11.1 Å². The van der Waals surface area contributed by atoms with Gasteiger partial charge in [-0.1, -0.05) is 17.7 Å². The maximum atomic E-state index is 12.5. The second kappa shape index (κ2) is 9.10. The summed E-state index contributed by atoms with van der Waals surface area (Å²) in [5, 5.41) is 14.4. The zero-order valence-electron chi connectivity index (χ0n) is 19.0. The molecular weight excluding hydrogens is 446 g/mol. The Hall–Kier alpha value is -4.99. The molecule has 35 heavy (non-hydrogen) atoms. The van der Waals surface area contributed by atoms with Crippen molar-refractivity contribution in [2.24, 2.45) is 0 Å². The molecule has 2 aromatic carbocycles. The molecule has 0 aliphatic rings. The Bertz CT molecular complexity index is 1510. The van der Waals surface area contributed by atoms with Gasteiger partial charge < -0.3 is 10.1 Å². The number of pyridine rings is 1. The van der Waals surface area contributed by atoms with Gasteiger partial charge in [-0.05, 0) is 55.5 Å². The van der Waals surface area contributed by atoms with E-state index in [1.165, 1.54) is 11.1 Å². The van der Waals surface area contributed by atoms with Crippen LogP contribution in [-0.2, 0) is 0 Å². The number of ether oxygens (including phenoxy) is 1. The summed E-state index contributed by atoms with van der Waals surface area (Å²) in [7, 11) is 1.59. The van der Waals surface area contributed by atoms with E-state index in [2.05, 4.69) is 25.6 Å². The number of aromatic nitrogens is 5. The number of aromatic amines is 1. The molecule has 0 atom stereocenters. The standard InChI is InChI=1S/C25H21N7O3/c1-16-5-3-6-18(13-16)24(33)27-19-10-8-17(9-11-19)23-29-28-21-14-22(30-32(21)23)31(2)25(34)35-20-7-4-12-26-15-20/h3-15,30H,1-2H3,(H,27,33). The van der Waals surface area contributed by atoms with Crippen LogP contribution in [0.15, 0.2) is 79.1 Å². The van der Waals surface area contributed by atoms with Crippen LogP contribution in [0.2, 0.25) is 0 Å². The number of rotatable bonds is 5. The lowest BCUT2D eigenvalue weighted by Crippen LogP contribution is -2.29. The zero-order valence-corrected chi connectivity index (χ0v) is 19.0. The van der Waals surface area contributed by atoms with Crippen molar-refractivity contribution in [2.75, 3.05) is 17.3 Å². The number of hydrogen-bond donors (Lipinski definition) is 2. The average Bonchev–Trinajstić information content (AvgIpc) is 3.46. The van der Waals surface area contributed by atoms with Crippen molar-refractivity contribution in [1.29, 1.82) is 0 Å². The minimum Gasteiger partial charge on any atom is -0.408 e. The number of nitrogens with one attached hydrogen (secondary N) is 2. The van der Waals surface area contributed by atoms with Gasteiger partial charge in [-0.15, -0.1) is 10.2 Å². The molecule has 10 heteroatoms. The van der Waals surface area contributed by atoms with Crippen LogP contribution in [-0.4, -0.2) is 43.8 Å². The van der Waals surface area contributed by atoms with Gasteiger partial charge in [-0.3, -0.25) is 19.8 Å². The Kier molecular flexibility index (Phi) is 5.68. The number of anilines is 2. The van der Waals surface area contributed by atoms with E-state index in [4.69, 9.17) is 4.74 Å². The van der Waals surface area contributed by atoms with Crippen LogP contribution in [0.25, 0.3) is 17.0 Å². The third-order valence-electron chi connectivity index (χ3n) is 5.34. The number of carbonyl (C=O) groups is 2. The monoisotopic (exact) mass is 467 g/mol. The van der Waals surface area contributed by atoms with E-state index in [1.54, 1.807) is 54.2 Å². The van der Waals surface area contributed by atoms with Crippen molar-refractivity contribution < 1.29 is 14.3 Å². The first kappa shape index (κ1) is 21.8. The van der Waals surface area contributed by atoms with Gasteiger partial charge in [0.2, 0.25) is 0 Å². The molecule has 2 amide bonds. The summed E-state index contributed by atoms with van der Waals surface area (Å²) >= 11 is 0. The zero-order chi connectivity index (χ0) is 24.4. The molecule has 0 radical (unpaired) electrons. The van der Waals surface area contributed by atoms with Gasteiger partial charge in [-0.2, -0.15) is 0 Å². The number of carbonyl (C=O) groups excluding carboxylic acids is 2. The first-order valence-corrected chi connectivity index (χ1v) is 10.8. The van der Waals surface area contributed by atoms with Gasteiger partial charge in [0.15, 0.2) is 17.2 Å². The van der Waals surface area contributed by atoms with Gasteiger partial charge in [0.05, 0.1) is 6.20 Å². The Morgan fingerprint density at radius 3 is 2.60 bits per heavy atom. The quantitative estimate of drug-likeness (QED) is 0.398. The third-order valence-corrected chi connectivity index (χ3v) is 5.34. The van der Waals surface area contributed by atoms with Crippen molar-refractivity contribution in [3.8, 4) is 17.1 Å². The maximum Gasteiger partial charge on any atom is 0.420 e. The van der Waals surface area contributed by atoms with Crippen molar-refractivity contribution in [3.05, 3.63) is 90.3 Å². The molecule has 0 saturated heterocycles. The summed E-state index contributed by atoms with van der Waals surface area (Å²) in [5.74, 6) is 1.20. The largest absolute Gasteiger partial charge is 0.420 e. The van der Waals surface area contributed by atoms with E-state index in [-0.39, 0.29) is 5.91 Å². The molecule has 3 heterocycles. The Balaban J connectivity index is 1.32. The highest BCUT2D eigenvalue weighted by Crippen LogP contribution is 2.23. The van der Waals surface area contributed by atoms with Crippen LogP contribution in [0.3, 0.4) is 0 Å². The Labute approximate surface area is 200 Å². The summed E-state index contributed by atoms with van der Waals surface area (Å²) < 4.78 is 7.00. The van der Waals surface area contributed by atoms with Gasteiger partial charge in [-0.25, -0.2) is 9.31 Å². The molecule has 174 valence electrons. The van der Waals surface area contributed by atoms with E-state index >= 15 is 0 Å². The molecule has 0 spiro atoms. The summed E-state index contributed by atoms with van der Waals surface area (Å²) in [5.41, 5.74) is 3.59. The lowest BCUT2D eigenvalue weighted by Gasteiger charge is -2.14. The van der Waals surface area contributed by atoms with E-state index in [0.29, 0.717) is 34.3 Å². The number of hydrogen-bond acceptors (Lipinski definition) is 6. The minimum absolute atomic E-state index is 0.179. The highest BCUT2D eigenvalue weighted by atomic mass is 16.6. The Morgan fingerprint density at radius 2 is 1.86 bits per heavy atom. The number of nitrogens with zero attached hydrogens (tertiary/aromatic N) is 5. The number of amides is 2. The van der Waals surface area contributed by atoms with Gasteiger partial charge >= 0.3 is 6.09 Å². The smallest absolute Gasteiger partial charge is 0.408 e. The molecule has 5 aromatic rings. The van der Waals surface area contributed by atoms with Gasteiger partial charge in [0, 0.05) is 36.1 Å². The van der Waals surface area contributed by atoms with E-state index in [1.807, 2.05) is 37.3 Å². The molecule has 0 fully saturated rings. The maximum absolute atomic E-state index is 12.5. The number of aryl methyl sites for hydroxylation is 1. The fraction of sp³-hybridized carbons (Fsp3) is 0.0800. The third kappa shape index (κ3) is 4.58. The predicted octanol–water partition coefficient (Wildman–Crippen LogP) is 4.32. The topological polar surface area (TPSA) is 118 Å². The van der Waals surface area contributed by atoms with Crippen molar-refractivity contribution >= 4 is 29.2 Å². The average molecular weight is 467 g/mol. The van der Waals surface area contributed by atoms with Crippen molar-refractivity contribution in [2.45, 2.75) is 6.92 Å².